The number of hydrogen-bond donors (Lipinski definition) is 2. The molecule has 196 valence electrons. The number of primary amides is 1. The Morgan fingerprint density at radius 2 is 1.68 bits per heavy atom. The maximum Gasteiger partial charge on any atom is 0.217 e. The molecule has 0 aliphatic rings. The summed E-state index contributed by atoms with van der Waals surface area (Å²) in [7, 11) is 0. The van der Waals surface area contributed by atoms with Crippen LogP contribution in [-0.2, 0) is 17.6 Å². The van der Waals surface area contributed by atoms with Gasteiger partial charge < -0.3 is 20.0 Å². The lowest BCUT2D eigenvalue weighted by Gasteiger charge is -2.09. The van der Waals surface area contributed by atoms with Gasteiger partial charge in [0.15, 0.2) is 5.78 Å². The lowest BCUT2D eigenvalue weighted by molar-refractivity contribution is -0.118. The molecule has 0 bridgehead atoms. The Morgan fingerprint density at radius 3 is 2.37 bits per heavy atom. The number of benzene rings is 3. The minimum absolute atomic E-state index is 0.0193. The molecule has 0 spiro atoms. The van der Waals surface area contributed by atoms with Crippen molar-refractivity contribution in [3.63, 3.8) is 0 Å². The summed E-state index contributed by atoms with van der Waals surface area (Å²) in [4.78, 5) is 24.8. The lowest BCUT2D eigenvalue weighted by Crippen LogP contribution is -2.09. The molecule has 38 heavy (non-hydrogen) atoms. The van der Waals surface area contributed by atoms with Crippen molar-refractivity contribution in [1.82, 2.24) is 0 Å². The summed E-state index contributed by atoms with van der Waals surface area (Å²) in [5.74, 6) is 1.19. The van der Waals surface area contributed by atoms with E-state index in [0.29, 0.717) is 74.0 Å². The van der Waals surface area contributed by atoms with E-state index < -0.39 is 0 Å². The Hall–Kier alpha value is -3.36. The Balaban J connectivity index is 1.63. The summed E-state index contributed by atoms with van der Waals surface area (Å²) >= 11 is 6.61. The van der Waals surface area contributed by atoms with Crippen LogP contribution in [0.3, 0.4) is 0 Å². The van der Waals surface area contributed by atoms with E-state index in [0.717, 1.165) is 18.4 Å². The van der Waals surface area contributed by atoms with Gasteiger partial charge in [0.1, 0.15) is 28.6 Å². The third-order valence-corrected chi connectivity index (χ3v) is 7.28. The van der Waals surface area contributed by atoms with Crippen molar-refractivity contribution in [3.8, 4) is 11.5 Å². The van der Waals surface area contributed by atoms with Crippen LogP contribution in [0.2, 0.25) is 0 Å². The maximum atomic E-state index is 13.7. The highest BCUT2D eigenvalue weighted by Crippen LogP contribution is 2.37. The zero-order valence-electron chi connectivity index (χ0n) is 20.6. The fourth-order valence-electron chi connectivity index (χ4n) is 4.24. The van der Waals surface area contributed by atoms with Crippen molar-refractivity contribution in [2.24, 2.45) is 5.73 Å². The van der Waals surface area contributed by atoms with Gasteiger partial charge in [-0.3, -0.25) is 9.59 Å². The van der Waals surface area contributed by atoms with Crippen LogP contribution in [0.25, 0.3) is 11.0 Å². The molecule has 0 radical (unpaired) electrons. The number of phenols is 1. The number of ether oxygens (including phenoxy) is 1. The average molecular weight is 641 g/mol. The molecule has 0 aliphatic heterocycles. The number of carbonyl (C=O) groups excluding carboxylic acids is 2. The van der Waals surface area contributed by atoms with Crippen LogP contribution in [0.5, 0.6) is 11.5 Å². The molecule has 1 amide bonds. The van der Waals surface area contributed by atoms with E-state index in [1.165, 1.54) is 0 Å². The van der Waals surface area contributed by atoms with Crippen LogP contribution < -0.4 is 10.5 Å². The number of unbranched alkanes of at least 4 members (excludes halogenated alkanes) is 2. The van der Waals surface area contributed by atoms with Gasteiger partial charge in [0.05, 0.1) is 14.5 Å². The van der Waals surface area contributed by atoms with Crippen molar-refractivity contribution < 1.29 is 23.8 Å². The minimum atomic E-state index is -0.325. The minimum Gasteiger partial charge on any atom is -0.506 e. The van der Waals surface area contributed by atoms with Crippen LogP contribution >= 0.6 is 31.9 Å². The number of nitrogens with two attached hydrogens (primary N) is 1. The topological polar surface area (TPSA) is 103 Å². The van der Waals surface area contributed by atoms with Crippen molar-refractivity contribution in [1.29, 1.82) is 0 Å². The molecule has 1 aromatic heterocycles. The summed E-state index contributed by atoms with van der Waals surface area (Å²) in [6.07, 6.45) is 3.60. The number of halogens is 2. The smallest absolute Gasteiger partial charge is 0.217 e. The molecule has 3 N–H and O–H groups in total. The molecule has 0 unspecified atom stereocenters. The predicted octanol–water partition coefficient (Wildman–Crippen LogP) is 7.62. The SMILES string of the molecule is C=C(Cc1ccccc1)Oc1ccc2c(C(=O)c3cc(Br)c(O)c(Br)c3)c(CCCCCC(N)=O)oc2c1. The first-order chi connectivity index (χ1) is 18.2. The van der Waals surface area contributed by atoms with E-state index in [2.05, 4.69) is 38.4 Å². The predicted molar refractivity (Wildman–Crippen MR) is 154 cm³/mol. The monoisotopic (exact) mass is 639 g/mol. The molecule has 4 rings (SSSR count). The molecule has 0 aliphatic carbocycles. The number of rotatable bonds is 12. The fourth-order valence-corrected chi connectivity index (χ4v) is 5.43. The Kier molecular flexibility index (Phi) is 9.07. The van der Waals surface area contributed by atoms with Gasteiger partial charge in [0, 0.05) is 36.3 Å². The van der Waals surface area contributed by atoms with Crippen LogP contribution in [0.1, 0.15) is 52.9 Å². The van der Waals surface area contributed by atoms with Gasteiger partial charge in [-0.1, -0.05) is 43.3 Å². The summed E-state index contributed by atoms with van der Waals surface area (Å²) in [6, 6.07) is 18.5. The van der Waals surface area contributed by atoms with Crippen LogP contribution in [0, 0.1) is 0 Å². The third-order valence-electron chi connectivity index (χ3n) is 6.07. The van der Waals surface area contributed by atoms with Crippen LogP contribution in [0.15, 0.2) is 86.4 Å². The molecule has 4 aromatic rings. The molecule has 1 heterocycles. The van der Waals surface area contributed by atoms with E-state index in [1.807, 2.05) is 36.4 Å². The maximum absolute atomic E-state index is 13.7. The number of hydrogen-bond acceptors (Lipinski definition) is 5. The highest BCUT2D eigenvalue weighted by Gasteiger charge is 2.24. The fraction of sp³-hybridized carbons (Fsp3) is 0.200. The zero-order valence-corrected chi connectivity index (χ0v) is 23.8. The first-order valence-corrected chi connectivity index (χ1v) is 13.8. The first kappa shape index (κ1) is 27.7. The zero-order chi connectivity index (χ0) is 27.2. The number of fused-ring (bicyclic) bond motifs is 1. The second kappa shape index (κ2) is 12.5. The number of aryl methyl sites for hydroxylation is 1. The molecular weight excluding hydrogens is 614 g/mol. The number of carbonyl (C=O) groups is 2. The number of amides is 1. The van der Waals surface area contributed by atoms with Crippen molar-refractivity contribution in [2.45, 2.75) is 38.5 Å². The average Bonchev–Trinajstić information content (AvgIpc) is 3.24. The van der Waals surface area contributed by atoms with Gasteiger partial charge in [0.2, 0.25) is 5.91 Å². The van der Waals surface area contributed by atoms with E-state index in [9.17, 15) is 14.7 Å². The molecule has 0 saturated heterocycles. The largest absolute Gasteiger partial charge is 0.506 e. The Morgan fingerprint density at radius 1 is 0.974 bits per heavy atom. The Labute approximate surface area is 237 Å². The summed E-state index contributed by atoms with van der Waals surface area (Å²) in [5.41, 5.74) is 7.73. The number of aromatic hydroxyl groups is 1. The van der Waals surface area contributed by atoms with Gasteiger partial charge in [0.25, 0.3) is 0 Å². The quantitative estimate of drug-likeness (QED) is 0.0942. The standard InChI is InChI=1S/C30H27Br2NO5/c1-18(14-19-8-4-2-5-9-19)37-21-12-13-22-26(17-21)38-25(10-6-3-7-11-27(33)34)28(22)29(35)20-15-23(31)30(36)24(32)16-20/h2,4-5,8-9,12-13,15-17,36H,1,3,6-7,10-11,14H2,(H2,33,34). The second-order valence-corrected chi connectivity index (χ2v) is 10.7. The highest BCUT2D eigenvalue weighted by atomic mass is 79.9. The van der Waals surface area contributed by atoms with E-state index in [4.69, 9.17) is 14.9 Å². The summed E-state index contributed by atoms with van der Waals surface area (Å²) in [6.45, 7) is 4.04. The van der Waals surface area contributed by atoms with E-state index >= 15 is 0 Å². The van der Waals surface area contributed by atoms with Gasteiger partial charge >= 0.3 is 0 Å². The molecule has 0 saturated carbocycles. The van der Waals surface area contributed by atoms with E-state index in [-0.39, 0.29) is 17.4 Å². The molecule has 0 atom stereocenters. The lowest BCUT2D eigenvalue weighted by atomic mass is 9.98. The van der Waals surface area contributed by atoms with Gasteiger partial charge in [-0.25, -0.2) is 0 Å². The van der Waals surface area contributed by atoms with Gasteiger partial charge in [-0.2, -0.15) is 0 Å². The molecule has 6 nitrogen and oxygen atoms in total. The molecular formula is C30H27Br2NO5. The van der Waals surface area contributed by atoms with Gasteiger partial charge in [-0.05, 0) is 74.5 Å². The molecule has 8 heteroatoms. The van der Waals surface area contributed by atoms with Gasteiger partial charge in [-0.15, -0.1) is 0 Å². The second-order valence-electron chi connectivity index (χ2n) is 9.01. The summed E-state index contributed by atoms with van der Waals surface area (Å²) in [5, 5.41) is 10.8. The Bertz CT molecular complexity index is 1470. The van der Waals surface area contributed by atoms with Crippen molar-refractivity contribution >= 4 is 54.5 Å². The highest BCUT2D eigenvalue weighted by molar-refractivity contribution is 9.11. The number of furan rings is 1. The third kappa shape index (κ3) is 6.74. The van der Waals surface area contributed by atoms with Crippen molar-refractivity contribution in [3.05, 3.63) is 104 Å². The first-order valence-electron chi connectivity index (χ1n) is 12.2. The normalized spacial score (nSPS) is 11.0. The van der Waals surface area contributed by atoms with Crippen molar-refractivity contribution in [2.75, 3.05) is 0 Å². The molecule has 0 fully saturated rings. The van der Waals surface area contributed by atoms with E-state index in [1.54, 1.807) is 24.3 Å². The summed E-state index contributed by atoms with van der Waals surface area (Å²) < 4.78 is 13.0. The number of ketones is 1. The molecule has 3 aromatic carbocycles. The number of allylic oxidation sites excluding steroid dienone is 1. The van der Waals surface area contributed by atoms with Crippen LogP contribution in [0.4, 0.5) is 0 Å². The van der Waals surface area contributed by atoms with Crippen LogP contribution in [-0.4, -0.2) is 16.8 Å². The number of phenolic OH excluding ortho intramolecular Hbond substituents is 1.